The van der Waals surface area contributed by atoms with Crippen LogP contribution in [0.25, 0.3) is 0 Å². The number of likely N-dealkylation sites (tertiary alicyclic amines) is 1. The molecule has 1 aromatic carbocycles. The molecule has 3 heterocycles. The molecule has 1 N–H and O–H groups in total. The molecule has 0 amide bonds. The summed E-state index contributed by atoms with van der Waals surface area (Å²) in [7, 11) is 1.65. The Hall–Kier alpha value is -2.93. The summed E-state index contributed by atoms with van der Waals surface area (Å²) in [6.45, 7) is 2.86. The summed E-state index contributed by atoms with van der Waals surface area (Å²) < 4.78 is 11.2. The van der Waals surface area contributed by atoms with E-state index in [0.29, 0.717) is 11.8 Å². The monoisotopic (exact) mass is 365 g/mol. The molecule has 1 aliphatic heterocycles. The molecule has 0 unspecified atom stereocenters. The van der Waals surface area contributed by atoms with Gasteiger partial charge in [0.05, 0.1) is 13.7 Å². The Morgan fingerprint density at radius 3 is 2.44 bits per heavy atom. The molecule has 7 heteroatoms. The van der Waals surface area contributed by atoms with Crippen molar-refractivity contribution in [2.75, 3.05) is 20.2 Å². The Labute approximate surface area is 158 Å². The number of nitrogens with zero attached hydrogens (tertiary/aromatic N) is 4. The fourth-order valence-corrected chi connectivity index (χ4v) is 3.41. The van der Waals surface area contributed by atoms with Crippen LogP contribution in [0.3, 0.4) is 0 Å². The van der Waals surface area contributed by atoms with Crippen LogP contribution < -0.4 is 9.47 Å². The van der Waals surface area contributed by atoms with Crippen LogP contribution in [-0.4, -0.2) is 45.0 Å². The Morgan fingerprint density at radius 1 is 1.00 bits per heavy atom. The molecule has 0 saturated carbocycles. The maximum atomic E-state index is 6.02. The van der Waals surface area contributed by atoms with Gasteiger partial charge in [-0.05, 0) is 50.2 Å². The normalized spacial score (nSPS) is 15.6. The van der Waals surface area contributed by atoms with E-state index in [1.165, 1.54) is 0 Å². The van der Waals surface area contributed by atoms with Crippen molar-refractivity contribution >= 4 is 0 Å². The van der Waals surface area contributed by atoms with Gasteiger partial charge in [-0.25, -0.2) is 9.97 Å². The van der Waals surface area contributed by atoms with E-state index in [-0.39, 0.29) is 0 Å². The molecule has 7 nitrogen and oxygen atoms in total. The number of ether oxygens (including phenoxy) is 2. The molecule has 3 aromatic rings. The van der Waals surface area contributed by atoms with Gasteiger partial charge in [0.2, 0.25) is 5.88 Å². The van der Waals surface area contributed by atoms with Crippen molar-refractivity contribution in [2.24, 2.45) is 0 Å². The highest BCUT2D eigenvalue weighted by molar-refractivity contribution is 5.35. The Bertz CT molecular complexity index is 843. The summed E-state index contributed by atoms with van der Waals surface area (Å²) in [6.07, 6.45) is 9.13. The molecule has 0 aliphatic carbocycles. The molecule has 2 aromatic heterocycles. The maximum Gasteiger partial charge on any atom is 0.241 e. The summed E-state index contributed by atoms with van der Waals surface area (Å²) in [5, 5.41) is 0. The van der Waals surface area contributed by atoms with E-state index in [1.54, 1.807) is 25.7 Å². The first-order chi connectivity index (χ1) is 13.3. The van der Waals surface area contributed by atoms with Gasteiger partial charge in [-0.15, -0.1) is 0 Å². The number of methoxy groups -OCH3 is 1. The zero-order valence-corrected chi connectivity index (χ0v) is 15.3. The van der Waals surface area contributed by atoms with Crippen LogP contribution in [0.4, 0.5) is 0 Å². The van der Waals surface area contributed by atoms with Crippen molar-refractivity contribution in [3.63, 3.8) is 0 Å². The van der Waals surface area contributed by atoms with Crippen molar-refractivity contribution in [2.45, 2.75) is 25.3 Å². The second kappa shape index (κ2) is 8.18. The number of imidazole rings is 1. The topological polar surface area (TPSA) is 76.2 Å². The molecule has 0 bridgehead atoms. The number of nitrogens with one attached hydrogen (secondary N) is 1. The highest BCUT2D eigenvalue weighted by Crippen LogP contribution is 2.34. The van der Waals surface area contributed by atoms with E-state index >= 15 is 0 Å². The number of rotatable bonds is 6. The second-order valence-corrected chi connectivity index (χ2v) is 6.61. The third-order valence-electron chi connectivity index (χ3n) is 4.87. The SMILES string of the molecule is COc1ccc(Oc2nccnc2C2CCN(Cc3ncc[nH]3)CC2)cc1. The highest BCUT2D eigenvalue weighted by Gasteiger charge is 2.25. The zero-order chi connectivity index (χ0) is 18.5. The Balaban J connectivity index is 1.42. The molecule has 4 rings (SSSR count). The van der Waals surface area contributed by atoms with E-state index < -0.39 is 0 Å². The number of H-pyrrole nitrogens is 1. The zero-order valence-electron chi connectivity index (χ0n) is 15.3. The minimum absolute atomic E-state index is 0.347. The maximum absolute atomic E-state index is 6.02. The summed E-state index contributed by atoms with van der Waals surface area (Å²) in [4.78, 5) is 18.9. The fraction of sp³-hybridized carbons (Fsp3) is 0.350. The van der Waals surface area contributed by atoms with E-state index in [0.717, 1.165) is 55.5 Å². The average Bonchev–Trinajstić information content (AvgIpc) is 3.23. The first kappa shape index (κ1) is 17.5. The van der Waals surface area contributed by atoms with Crippen LogP contribution in [0.1, 0.15) is 30.3 Å². The van der Waals surface area contributed by atoms with Crippen LogP contribution in [0, 0.1) is 0 Å². The smallest absolute Gasteiger partial charge is 0.241 e. The van der Waals surface area contributed by atoms with E-state index in [9.17, 15) is 0 Å². The van der Waals surface area contributed by atoms with Crippen LogP contribution >= 0.6 is 0 Å². The molecule has 1 fully saturated rings. The number of hydrogen-bond donors (Lipinski definition) is 1. The molecular formula is C20H23N5O2. The molecule has 0 radical (unpaired) electrons. The van der Waals surface area contributed by atoms with E-state index in [4.69, 9.17) is 9.47 Å². The molecule has 27 heavy (non-hydrogen) atoms. The van der Waals surface area contributed by atoms with Crippen molar-refractivity contribution in [1.82, 2.24) is 24.8 Å². The lowest BCUT2D eigenvalue weighted by atomic mass is 9.93. The van der Waals surface area contributed by atoms with E-state index in [1.807, 2.05) is 30.5 Å². The molecular weight excluding hydrogens is 342 g/mol. The van der Waals surface area contributed by atoms with Gasteiger partial charge in [-0.2, -0.15) is 0 Å². The Morgan fingerprint density at radius 2 is 1.74 bits per heavy atom. The fourth-order valence-electron chi connectivity index (χ4n) is 3.41. The quantitative estimate of drug-likeness (QED) is 0.722. The minimum Gasteiger partial charge on any atom is -0.497 e. The number of aromatic nitrogens is 4. The molecule has 0 spiro atoms. The lowest BCUT2D eigenvalue weighted by Crippen LogP contribution is -2.33. The van der Waals surface area contributed by atoms with Crippen molar-refractivity contribution < 1.29 is 9.47 Å². The van der Waals surface area contributed by atoms with Crippen LogP contribution in [0.15, 0.2) is 49.1 Å². The number of aromatic amines is 1. The number of benzene rings is 1. The third kappa shape index (κ3) is 4.25. The van der Waals surface area contributed by atoms with Crippen LogP contribution in [0.5, 0.6) is 17.4 Å². The first-order valence-electron chi connectivity index (χ1n) is 9.15. The Kier molecular flexibility index (Phi) is 5.29. The summed E-state index contributed by atoms with van der Waals surface area (Å²) >= 11 is 0. The van der Waals surface area contributed by atoms with Gasteiger partial charge in [0.15, 0.2) is 0 Å². The average molecular weight is 365 g/mol. The summed E-state index contributed by atoms with van der Waals surface area (Å²) in [6, 6.07) is 7.50. The lowest BCUT2D eigenvalue weighted by Gasteiger charge is -2.31. The summed E-state index contributed by atoms with van der Waals surface area (Å²) in [5.74, 6) is 3.47. The highest BCUT2D eigenvalue weighted by atomic mass is 16.5. The lowest BCUT2D eigenvalue weighted by molar-refractivity contribution is 0.198. The van der Waals surface area contributed by atoms with Gasteiger partial charge in [-0.3, -0.25) is 9.88 Å². The molecule has 1 saturated heterocycles. The van der Waals surface area contributed by atoms with Gasteiger partial charge in [0.25, 0.3) is 0 Å². The molecule has 140 valence electrons. The predicted molar refractivity (Wildman–Crippen MR) is 101 cm³/mol. The largest absolute Gasteiger partial charge is 0.497 e. The second-order valence-electron chi connectivity index (χ2n) is 6.61. The number of hydrogen-bond acceptors (Lipinski definition) is 6. The first-order valence-corrected chi connectivity index (χ1v) is 9.15. The van der Waals surface area contributed by atoms with Gasteiger partial charge in [-0.1, -0.05) is 0 Å². The van der Waals surface area contributed by atoms with Gasteiger partial charge >= 0.3 is 0 Å². The van der Waals surface area contributed by atoms with Crippen molar-refractivity contribution in [3.8, 4) is 17.4 Å². The minimum atomic E-state index is 0.347. The predicted octanol–water partition coefficient (Wildman–Crippen LogP) is 3.38. The molecule has 0 atom stereocenters. The van der Waals surface area contributed by atoms with E-state index in [2.05, 4.69) is 24.8 Å². The van der Waals surface area contributed by atoms with Gasteiger partial charge in [0.1, 0.15) is 23.0 Å². The summed E-state index contributed by atoms with van der Waals surface area (Å²) in [5.41, 5.74) is 0.936. The van der Waals surface area contributed by atoms with Gasteiger partial charge in [0, 0.05) is 30.7 Å². The number of piperidine rings is 1. The van der Waals surface area contributed by atoms with Crippen LogP contribution in [0.2, 0.25) is 0 Å². The van der Waals surface area contributed by atoms with Crippen molar-refractivity contribution in [3.05, 3.63) is 60.6 Å². The standard InChI is InChI=1S/C20H23N5O2/c1-26-16-2-4-17(5-3-16)27-20-19(23-10-11-24-20)15-6-12-25(13-7-15)14-18-21-8-9-22-18/h2-5,8-11,15H,6-7,12-14H2,1H3,(H,21,22). The van der Waals surface area contributed by atoms with Crippen molar-refractivity contribution in [1.29, 1.82) is 0 Å². The van der Waals surface area contributed by atoms with Crippen LogP contribution in [-0.2, 0) is 6.54 Å². The van der Waals surface area contributed by atoms with Gasteiger partial charge < -0.3 is 14.5 Å². The molecule has 1 aliphatic rings. The third-order valence-corrected chi connectivity index (χ3v) is 4.87.